The van der Waals surface area contributed by atoms with Crippen molar-refractivity contribution >= 4 is 11.8 Å². The van der Waals surface area contributed by atoms with Gasteiger partial charge >= 0.3 is 0 Å². The molecule has 8 fully saturated rings. The minimum atomic E-state index is -2.52. The first kappa shape index (κ1) is 78.1. The molecule has 2 amide bonds. The molecule has 0 radical (unpaired) electrons. The van der Waals surface area contributed by atoms with Crippen LogP contribution in [0.25, 0.3) is 0 Å². The van der Waals surface area contributed by atoms with E-state index in [2.05, 4.69) is 10.6 Å². The molecule has 0 unspecified atom stereocenters. The lowest BCUT2D eigenvalue weighted by molar-refractivity contribution is -0.398. The van der Waals surface area contributed by atoms with Crippen LogP contribution in [0, 0.1) is 0 Å². The molecule has 40 atom stereocenters. The molecule has 43 nitrogen and oxygen atoms in total. The maximum Gasteiger partial charge on any atom is 0.217 e. The summed E-state index contributed by atoms with van der Waals surface area (Å²) in [6, 6.07) is -3.57. The van der Waals surface area contributed by atoms with Crippen molar-refractivity contribution in [3.05, 3.63) is 0 Å². The SMILES string of the molecule is CC(=O)N[C@@H]1[C@@H](O)[C@H](O[C@@H]2O[C@H](CO)[C@@H](O)[C@H](O[C@H]3O[C@H](CO[C@H]4O[C@H](CO[C@@H]5O[C@H](CO)[C@@H](O)[C@H](O)[C@@H]5O)[C@@H](O)[C@H](O[C@H]5O[C@H](CO)[C@@H](O)[C@H](O)[C@@H]5O)[C@@H]4O)[C@@H](O)[C@H](O[C@H]4O[C@H](CO)[C@@H](O)[C@H](O)[C@@H]4O[C@@H]4O[C@H](CO)[C@@H](O)[C@H](O)[C@@H]4O)[C@@H]3O)[C@H]2NC(C)=O)[C@@H](CO)O[C@@H]1O. The summed E-state index contributed by atoms with van der Waals surface area (Å²) in [5.41, 5.74) is 0. The van der Waals surface area contributed by atoms with Gasteiger partial charge in [-0.25, -0.2) is 0 Å². The van der Waals surface area contributed by atoms with Gasteiger partial charge < -0.3 is 204 Å². The molecule has 8 aliphatic rings. The van der Waals surface area contributed by atoms with Crippen molar-refractivity contribution in [2.24, 2.45) is 0 Å². The Bertz CT molecular complexity index is 2380. The fourth-order valence-electron chi connectivity index (χ4n) is 12.1. The van der Waals surface area contributed by atoms with E-state index in [0.717, 1.165) is 13.8 Å². The van der Waals surface area contributed by atoms with Crippen LogP contribution in [0.15, 0.2) is 0 Å². The number of aliphatic hydroxyl groups excluding tert-OH is 24. The van der Waals surface area contributed by atoms with Crippen LogP contribution in [0.2, 0.25) is 0 Å². The minimum absolute atomic E-state index is 0.786. The highest BCUT2D eigenvalue weighted by Gasteiger charge is 2.59. The van der Waals surface area contributed by atoms with E-state index in [-0.39, 0.29) is 0 Å². The highest BCUT2D eigenvalue weighted by atomic mass is 16.8. The molecular formula is C52H88N2O41. The zero-order valence-electron chi connectivity index (χ0n) is 50.4. The second-order valence-corrected chi connectivity index (χ2v) is 23.9. The summed E-state index contributed by atoms with van der Waals surface area (Å²) < 4.78 is 86.8. The molecule has 26 N–H and O–H groups in total. The second-order valence-electron chi connectivity index (χ2n) is 23.9. The van der Waals surface area contributed by atoms with Gasteiger partial charge in [0.1, 0.15) is 195 Å². The Kier molecular flexibility index (Phi) is 27.9. The molecule has 0 aromatic heterocycles. The van der Waals surface area contributed by atoms with Gasteiger partial charge in [-0.1, -0.05) is 0 Å². The van der Waals surface area contributed by atoms with Gasteiger partial charge in [-0.05, 0) is 0 Å². The highest BCUT2D eigenvalue weighted by Crippen LogP contribution is 2.38. The number of ether oxygens (including phenoxy) is 15. The lowest BCUT2D eigenvalue weighted by Crippen LogP contribution is -2.71. The third-order valence-corrected chi connectivity index (χ3v) is 17.4. The molecule has 8 heterocycles. The molecule has 0 bridgehead atoms. The quantitative estimate of drug-likeness (QED) is 0.0427. The molecular weight excluding hydrogens is 1310 g/mol. The zero-order valence-corrected chi connectivity index (χ0v) is 50.4. The van der Waals surface area contributed by atoms with Crippen molar-refractivity contribution < 1.29 is 203 Å². The van der Waals surface area contributed by atoms with Crippen molar-refractivity contribution in [3.8, 4) is 0 Å². The Morgan fingerprint density at radius 2 is 0.579 bits per heavy atom. The fourth-order valence-corrected chi connectivity index (χ4v) is 12.1. The van der Waals surface area contributed by atoms with Crippen LogP contribution in [0.3, 0.4) is 0 Å². The van der Waals surface area contributed by atoms with Gasteiger partial charge in [0.2, 0.25) is 11.8 Å². The molecule has 0 spiro atoms. The van der Waals surface area contributed by atoms with Gasteiger partial charge in [-0.3, -0.25) is 9.59 Å². The Morgan fingerprint density at radius 3 is 1.04 bits per heavy atom. The Morgan fingerprint density at radius 1 is 0.274 bits per heavy atom. The van der Waals surface area contributed by atoms with Crippen LogP contribution in [0.1, 0.15) is 13.8 Å². The van der Waals surface area contributed by atoms with E-state index >= 15 is 0 Å². The standard InChI is InChI=1S/C52H88N2O41/c1-11(61)53-21-30(70)40(18(8-60)83-45(21)80)91-46-22(54-12(2)62)41(27(67)17(7-59)84-46)92-51-39(79)43(94-52-44(34(74)26(66)16(6-58)88-52)95-50-37(77)33(73)25(65)15(5-57)87-50)29(69)20(90-51)10-82-48-38(78)42(93-49-36(76)32(72)24(64)14(4-56)86-49)28(68)19(89-48)9-81-47-35(75)31(71)23(63)13(3-55)85-47/h13-52,55-60,63-80H,3-10H2,1-2H3,(H,53,61)(H,54,62)/t13-,14-,15-,16-,17-,18-,19-,20-,21-,22-,23-,24-,25-,26-,27-,28-,29-,30-,31+,32+,33+,34+,35+,36+,37+,38+,39+,40-,41-,42+,43+,44+,45+,46+,47-,48+,49-,50+,51-,52-/m1/s1. The van der Waals surface area contributed by atoms with Crippen molar-refractivity contribution in [2.45, 2.75) is 259 Å². The van der Waals surface area contributed by atoms with Crippen LogP contribution in [-0.2, 0) is 80.6 Å². The van der Waals surface area contributed by atoms with E-state index in [0.29, 0.717) is 0 Å². The number of carbonyl (C=O) groups excluding carboxylic acids is 2. The van der Waals surface area contributed by atoms with Gasteiger partial charge in [0.15, 0.2) is 50.3 Å². The average molecular weight is 1400 g/mol. The lowest BCUT2D eigenvalue weighted by atomic mass is 9.93. The number of aliphatic hydroxyl groups is 24. The molecule has 8 saturated heterocycles. The van der Waals surface area contributed by atoms with Crippen LogP contribution < -0.4 is 10.6 Å². The summed E-state index contributed by atoms with van der Waals surface area (Å²) in [6.07, 6.45) is -78.4. The molecule has 0 aromatic carbocycles. The third kappa shape index (κ3) is 17.0. The van der Waals surface area contributed by atoms with Gasteiger partial charge in [0.25, 0.3) is 0 Å². The molecule has 95 heavy (non-hydrogen) atoms. The van der Waals surface area contributed by atoms with Crippen molar-refractivity contribution in [3.63, 3.8) is 0 Å². The molecule has 0 aromatic rings. The highest BCUT2D eigenvalue weighted by molar-refractivity contribution is 5.73. The predicted molar refractivity (Wildman–Crippen MR) is 288 cm³/mol. The Hall–Kier alpha value is -2.62. The summed E-state index contributed by atoms with van der Waals surface area (Å²) >= 11 is 0. The minimum Gasteiger partial charge on any atom is -0.394 e. The van der Waals surface area contributed by atoms with E-state index in [1.54, 1.807) is 0 Å². The number of rotatable bonds is 24. The topological polar surface area (TPSA) is 682 Å². The van der Waals surface area contributed by atoms with Crippen molar-refractivity contribution in [1.82, 2.24) is 10.6 Å². The summed E-state index contributed by atoms with van der Waals surface area (Å²) in [4.78, 5) is 25.2. The molecule has 0 saturated carbocycles. The van der Waals surface area contributed by atoms with Gasteiger partial charge in [0, 0.05) is 13.8 Å². The normalized spacial score (nSPS) is 50.8. The smallest absolute Gasteiger partial charge is 0.217 e. The maximum absolute atomic E-state index is 13.1. The molecule has 8 rings (SSSR count). The fraction of sp³-hybridized carbons (Fsp3) is 0.962. The lowest BCUT2D eigenvalue weighted by Gasteiger charge is -2.51. The summed E-state index contributed by atoms with van der Waals surface area (Å²) in [5, 5.41) is 266. The number of nitrogens with one attached hydrogen (secondary N) is 2. The Labute approximate surface area is 536 Å². The molecule has 8 aliphatic heterocycles. The van der Waals surface area contributed by atoms with E-state index in [9.17, 15) is 132 Å². The average Bonchev–Trinajstić information content (AvgIpc) is 0.777. The van der Waals surface area contributed by atoms with E-state index in [4.69, 9.17) is 71.1 Å². The molecule has 43 heteroatoms. The summed E-state index contributed by atoms with van der Waals surface area (Å²) in [6.45, 7) is -6.32. The zero-order chi connectivity index (χ0) is 69.9. The third-order valence-electron chi connectivity index (χ3n) is 17.4. The number of hydrogen-bond donors (Lipinski definition) is 26. The van der Waals surface area contributed by atoms with Crippen LogP contribution in [0.4, 0.5) is 0 Å². The van der Waals surface area contributed by atoms with Gasteiger partial charge in [-0.2, -0.15) is 0 Å². The van der Waals surface area contributed by atoms with E-state index < -0.39 is 310 Å². The number of hydrogen-bond acceptors (Lipinski definition) is 41. The Balaban J connectivity index is 1.14. The predicted octanol–water partition coefficient (Wildman–Crippen LogP) is -18.2. The van der Waals surface area contributed by atoms with Crippen molar-refractivity contribution in [2.75, 3.05) is 52.9 Å². The first-order chi connectivity index (χ1) is 44.9. The van der Waals surface area contributed by atoms with E-state index in [1.165, 1.54) is 0 Å². The van der Waals surface area contributed by atoms with Gasteiger partial charge in [-0.15, -0.1) is 0 Å². The second kappa shape index (κ2) is 33.9. The monoisotopic (exact) mass is 1400 g/mol. The summed E-state index contributed by atoms with van der Waals surface area (Å²) in [7, 11) is 0. The first-order valence-electron chi connectivity index (χ1n) is 30.1. The van der Waals surface area contributed by atoms with Crippen LogP contribution >= 0.6 is 0 Å². The largest absolute Gasteiger partial charge is 0.394 e. The van der Waals surface area contributed by atoms with Crippen LogP contribution in [0.5, 0.6) is 0 Å². The maximum atomic E-state index is 13.1. The van der Waals surface area contributed by atoms with Crippen molar-refractivity contribution in [1.29, 1.82) is 0 Å². The van der Waals surface area contributed by atoms with Crippen LogP contribution in [-0.4, -0.2) is 433 Å². The molecule has 0 aliphatic carbocycles. The molecule has 552 valence electrons. The first-order valence-corrected chi connectivity index (χ1v) is 30.1. The van der Waals surface area contributed by atoms with Gasteiger partial charge in [0.05, 0.1) is 52.9 Å². The summed E-state index contributed by atoms with van der Waals surface area (Å²) in [5.74, 6) is -1.73. The number of carbonyl (C=O) groups is 2. The van der Waals surface area contributed by atoms with E-state index in [1.807, 2.05) is 0 Å². The number of amides is 2.